The maximum atomic E-state index is 7.51. The second-order valence-electron chi connectivity index (χ2n) is 25.8. The first kappa shape index (κ1) is 79.3. The van der Waals surface area contributed by atoms with Gasteiger partial charge < -0.3 is 137 Å². The second-order valence-corrected chi connectivity index (χ2v) is 31.7. The van der Waals surface area contributed by atoms with E-state index in [-0.39, 0.29) is 38.1 Å². The summed E-state index contributed by atoms with van der Waals surface area (Å²) in [6.45, 7) is 10.7. The van der Waals surface area contributed by atoms with Crippen molar-refractivity contribution in [3.8, 4) is 0 Å². The highest BCUT2D eigenvalue weighted by molar-refractivity contribution is 7.99. The molecule has 0 saturated carbocycles. The van der Waals surface area contributed by atoms with Gasteiger partial charge in [-0.25, -0.2) is 0 Å². The lowest BCUT2D eigenvalue weighted by Gasteiger charge is -2.54. The molecule has 0 amide bonds. The summed E-state index contributed by atoms with van der Waals surface area (Å²) in [5.41, 5.74) is 0. The predicted molar refractivity (Wildman–Crippen MR) is 339 cm³/mol. The fraction of sp³-hybridized carbons (Fsp3) is 0.906. The van der Waals surface area contributed by atoms with Crippen molar-refractivity contribution in [3.05, 3.63) is 30.3 Å². The van der Waals surface area contributed by atoms with E-state index in [2.05, 4.69) is 33.9 Å². The minimum absolute atomic E-state index is 0.00571. The number of methoxy groups -OCH3 is 16. The van der Waals surface area contributed by atoms with Crippen LogP contribution in [0, 0.1) is 0 Å². The van der Waals surface area contributed by atoms with E-state index in [1.54, 1.807) is 82.9 Å². The number of hydrogen-bond acceptors (Lipinski definition) is 30. The highest BCUT2D eigenvalue weighted by atomic mass is 32.2. The Bertz CT molecular complexity index is 2340. The van der Waals surface area contributed by atoms with E-state index in [4.69, 9.17) is 137 Å². The van der Waals surface area contributed by atoms with E-state index in [0.29, 0.717) is 5.75 Å². The van der Waals surface area contributed by atoms with Crippen LogP contribution in [0.1, 0.15) is 20.8 Å². The van der Waals surface area contributed by atoms with Gasteiger partial charge in [-0.2, -0.15) is 0 Å². The van der Waals surface area contributed by atoms with Gasteiger partial charge in [-0.05, 0) is 30.3 Å². The molecule has 0 radical (unpaired) electrons. The zero-order valence-electron chi connectivity index (χ0n) is 59.2. The molecule has 22 heterocycles. The van der Waals surface area contributed by atoms with Crippen molar-refractivity contribution in [2.75, 3.05) is 153 Å². The van der Waals surface area contributed by atoms with Crippen molar-refractivity contribution in [3.63, 3.8) is 0 Å². The van der Waals surface area contributed by atoms with Crippen LogP contribution < -0.4 is 0 Å². The van der Waals surface area contributed by atoms with Gasteiger partial charge in [0, 0.05) is 124 Å². The van der Waals surface area contributed by atoms with Gasteiger partial charge in [0.25, 0.3) is 0 Å². The smallest absolute Gasteiger partial charge is 0.192 e. The summed E-state index contributed by atoms with van der Waals surface area (Å²) in [5.74, 6) is 0.326. The topological polar surface area (TPSA) is 268 Å². The summed E-state index contributed by atoms with van der Waals surface area (Å²) in [6.07, 6.45) is -29.8. The predicted octanol–water partition coefficient (Wildman–Crippen LogP) is 3.24. The minimum Gasteiger partial charge on any atom is -0.406 e. The Morgan fingerprint density at radius 2 is 0.526 bits per heavy atom. The standard InChI is InChI=1S/C64H110O29SSi/c1-64(2,3)95(20,21)93-57-51(75-14)45-39(32-94-33-25-23-22-24-26-33)86-63(57)91-44-38(31-69-8)84-61(55(79-18)50(44)74-13)89-42-36(29-67-6)82-59(53(77-16)48(42)72-11)87-40-34(27-65-4)81-58(52(76-15)46(40)70-9)88-41-35(28-66-5)83-60(54(78-17)47(41)71-10)90-43-37(30-68-7)85-62(92-45)56(80-19)49(43)73-12/h22-26,34-63H,27-32H2,1-21H3/t34-,35-,36-,37-,38-,39-,40-,41-,42-,43-,44-,45-,46+,47+,48+,49+,50+,51+,52-,53-,54-,55-,56-,57-,58-,59-,60-,61-,62-,63-/m1/s1. The molecule has 0 aliphatic carbocycles. The molecule has 95 heavy (non-hydrogen) atoms. The first-order valence-corrected chi connectivity index (χ1v) is 36.2. The lowest BCUT2D eigenvalue weighted by Crippen LogP contribution is -2.70. The number of hydrogen-bond donors (Lipinski definition) is 0. The van der Waals surface area contributed by atoms with Crippen LogP contribution in [-0.2, 0) is 137 Å². The number of thioether (sulfide) groups is 1. The number of rotatable bonds is 26. The molecule has 1 aromatic rings. The van der Waals surface area contributed by atoms with Gasteiger partial charge in [0.05, 0.1) is 39.1 Å². The molecule has 0 aromatic heterocycles. The average molecular weight is 1400 g/mol. The molecule has 0 unspecified atom stereocenters. The average Bonchev–Trinajstić information content (AvgIpc) is 0.771. The van der Waals surface area contributed by atoms with E-state index < -0.39 is 193 Å². The third-order valence-electron chi connectivity index (χ3n) is 19.3. The van der Waals surface area contributed by atoms with Gasteiger partial charge >= 0.3 is 0 Å². The summed E-state index contributed by atoms with van der Waals surface area (Å²) in [7, 11) is 22.0. The van der Waals surface area contributed by atoms with Crippen molar-refractivity contribution in [1.82, 2.24) is 0 Å². The summed E-state index contributed by atoms with van der Waals surface area (Å²) in [5, 5.41) is -0.321. The van der Waals surface area contributed by atoms with Gasteiger partial charge in [-0.1, -0.05) is 39.0 Å². The molecule has 0 N–H and O–H groups in total. The molecule has 12 bridgehead atoms. The van der Waals surface area contributed by atoms with E-state index in [1.165, 1.54) is 42.7 Å². The zero-order valence-corrected chi connectivity index (χ0v) is 61.0. The fourth-order valence-electron chi connectivity index (χ4n) is 13.7. The Hall–Kier alpha value is -1.37. The van der Waals surface area contributed by atoms with Gasteiger partial charge in [0.2, 0.25) is 0 Å². The van der Waals surface area contributed by atoms with Gasteiger partial charge in [0.15, 0.2) is 46.1 Å². The number of ether oxygens (including phenoxy) is 28. The quantitative estimate of drug-likeness (QED) is 0.0952. The summed E-state index contributed by atoms with van der Waals surface area (Å²) >= 11 is 1.56. The van der Waals surface area contributed by atoms with Crippen molar-refractivity contribution >= 4 is 20.1 Å². The van der Waals surface area contributed by atoms with Gasteiger partial charge in [-0.3, -0.25) is 0 Å². The van der Waals surface area contributed by atoms with E-state index in [0.717, 1.165) is 4.90 Å². The van der Waals surface area contributed by atoms with Crippen LogP contribution in [0.2, 0.25) is 18.1 Å². The first-order chi connectivity index (χ1) is 45.8. The van der Waals surface area contributed by atoms with Gasteiger partial charge in [0.1, 0.15) is 140 Å². The Kier molecular flexibility index (Phi) is 31.0. The van der Waals surface area contributed by atoms with Crippen LogP contribution in [0.15, 0.2) is 35.2 Å². The van der Waals surface area contributed by atoms with Crippen LogP contribution in [0.3, 0.4) is 0 Å². The Morgan fingerprint density at radius 1 is 0.305 bits per heavy atom. The number of benzene rings is 1. The van der Waals surface area contributed by atoms with E-state index in [1.807, 2.05) is 30.3 Å². The summed E-state index contributed by atoms with van der Waals surface area (Å²) < 4.78 is 193. The first-order valence-electron chi connectivity index (χ1n) is 32.3. The van der Waals surface area contributed by atoms with E-state index >= 15 is 0 Å². The Labute approximate surface area is 565 Å². The van der Waals surface area contributed by atoms with Crippen molar-refractivity contribution in [2.24, 2.45) is 0 Å². The highest BCUT2D eigenvalue weighted by Crippen LogP contribution is 2.45. The summed E-state index contributed by atoms with van der Waals surface area (Å²) in [4.78, 5) is 0.976. The lowest BCUT2D eigenvalue weighted by molar-refractivity contribution is -0.408. The molecule has 23 rings (SSSR count). The van der Waals surface area contributed by atoms with Crippen molar-refractivity contribution in [2.45, 2.75) is 228 Å². The molecule has 22 fully saturated rings. The third kappa shape index (κ3) is 17.8. The molecule has 0 spiro atoms. The maximum Gasteiger partial charge on any atom is 0.192 e. The van der Waals surface area contributed by atoms with Crippen LogP contribution in [0.5, 0.6) is 0 Å². The molecule has 22 saturated heterocycles. The molecule has 31 heteroatoms. The fourth-order valence-corrected chi connectivity index (χ4v) is 15.9. The van der Waals surface area contributed by atoms with Crippen LogP contribution in [0.4, 0.5) is 0 Å². The molecule has 22 aliphatic heterocycles. The minimum atomic E-state index is -2.80. The second kappa shape index (κ2) is 37.2. The van der Waals surface area contributed by atoms with Crippen molar-refractivity contribution in [1.29, 1.82) is 0 Å². The SMILES string of the molecule is COC[C@H]1O[C@@H]2O[C@H]3[C@H](OC)[C@@H](OC)[C@@H](O[C@H]4[C@H](OC)[C@@H](OC)[C@@H](O[C@H]5[C@H](OC)[C@@H](O[Si](C)(C)C(C)(C)C)[C@@H](O[C@H]6[C@H](OC)[C@@H](OC)[C@@H](O[C@H]7[C@H](OC)[C@@H](OC)[C@@H](O[C@H]1[C@H](OC)[C@H]2OC)O[C@@H]7COC)O[C@@H]6COC)O[C@@H]5CSc1ccccc1)O[C@@H]4COC)O[C@@H]3COC. The normalized spacial score (nSPS) is 42.5. The molecular formula is C64H110O29SSi. The summed E-state index contributed by atoms with van der Waals surface area (Å²) in [6, 6.07) is 9.97. The maximum absolute atomic E-state index is 7.51. The third-order valence-corrected chi connectivity index (χ3v) is 24.9. The van der Waals surface area contributed by atoms with Crippen LogP contribution in [-0.4, -0.2) is 345 Å². The van der Waals surface area contributed by atoms with Crippen molar-refractivity contribution < 1.29 is 137 Å². The van der Waals surface area contributed by atoms with Crippen LogP contribution >= 0.6 is 11.8 Å². The molecule has 30 atom stereocenters. The zero-order chi connectivity index (χ0) is 68.9. The monoisotopic (exact) mass is 1400 g/mol. The Morgan fingerprint density at radius 3 is 0.758 bits per heavy atom. The molecule has 1 aromatic carbocycles. The molecule has 22 aliphatic rings. The Balaban J connectivity index is 1.29. The van der Waals surface area contributed by atoms with Gasteiger partial charge in [-0.15, -0.1) is 11.8 Å². The highest BCUT2D eigenvalue weighted by Gasteiger charge is 2.62. The molecule has 29 nitrogen and oxygen atoms in total. The van der Waals surface area contributed by atoms with E-state index in [9.17, 15) is 0 Å². The van der Waals surface area contributed by atoms with Crippen LogP contribution in [0.25, 0.3) is 0 Å². The largest absolute Gasteiger partial charge is 0.406 e. The molecule has 550 valence electrons. The molecular weight excluding hydrogens is 1290 g/mol. The lowest BCUT2D eigenvalue weighted by atomic mass is 9.94.